The standard InChI is InChI=1S/C11H12Cl2O/c1-2-8(7-11(13)14)9-3-5-10(12)6-4-9/h3-6,8H,2,7H2,1H3. The third-order valence-electron chi connectivity index (χ3n) is 2.24. The SMILES string of the molecule is CCC(CC(=O)Cl)c1ccc(Cl)cc1. The van der Waals surface area contributed by atoms with Gasteiger partial charge in [0, 0.05) is 11.4 Å². The second-order valence-corrected chi connectivity index (χ2v) is 4.07. The van der Waals surface area contributed by atoms with Gasteiger partial charge in [-0.25, -0.2) is 0 Å². The van der Waals surface area contributed by atoms with Gasteiger partial charge in [0.05, 0.1) is 0 Å². The van der Waals surface area contributed by atoms with Crippen LogP contribution in [-0.4, -0.2) is 5.24 Å². The third kappa shape index (κ3) is 3.32. The first-order chi connectivity index (χ1) is 6.63. The van der Waals surface area contributed by atoms with Crippen LogP contribution in [0.4, 0.5) is 0 Å². The molecule has 0 aliphatic carbocycles. The van der Waals surface area contributed by atoms with Crippen LogP contribution in [-0.2, 0) is 4.79 Å². The third-order valence-corrected chi connectivity index (χ3v) is 2.65. The molecular formula is C11H12Cl2O. The Balaban J connectivity index is 2.78. The van der Waals surface area contributed by atoms with Crippen molar-refractivity contribution in [3.8, 4) is 0 Å². The fraction of sp³-hybridized carbons (Fsp3) is 0.364. The monoisotopic (exact) mass is 230 g/mol. The first-order valence-corrected chi connectivity index (χ1v) is 5.33. The van der Waals surface area contributed by atoms with Crippen LogP contribution in [0, 0.1) is 0 Å². The highest BCUT2D eigenvalue weighted by Gasteiger charge is 2.12. The Hall–Kier alpha value is -0.530. The Morgan fingerprint density at radius 1 is 1.36 bits per heavy atom. The molecule has 76 valence electrons. The van der Waals surface area contributed by atoms with Crippen LogP contribution in [0.15, 0.2) is 24.3 Å². The Bertz CT molecular complexity index is 306. The maximum absolute atomic E-state index is 10.8. The fourth-order valence-electron chi connectivity index (χ4n) is 1.43. The largest absolute Gasteiger partial charge is 0.281 e. The highest BCUT2D eigenvalue weighted by molar-refractivity contribution is 6.63. The van der Waals surface area contributed by atoms with E-state index in [2.05, 4.69) is 0 Å². The maximum Gasteiger partial charge on any atom is 0.222 e. The van der Waals surface area contributed by atoms with Gasteiger partial charge in [-0.05, 0) is 41.6 Å². The Morgan fingerprint density at radius 3 is 2.36 bits per heavy atom. The number of hydrogen-bond donors (Lipinski definition) is 0. The average molecular weight is 231 g/mol. The van der Waals surface area contributed by atoms with Crippen LogP contribution in [0.1, 0.15) is 31.2 Å². The predicted octanol–water partition coefficient (Wildman–Crippen LogP) is 3.99. The topological polar surface area (TPSA) is 17.1 Å². The van der Waals surface area contributed by atoms with Crippen molar-refractivity contribution in [2.24, 2.45) is 0 Å². The molecule has 0 bridgehead atoms. The van der Waals surface area contributed by atoms with E-state index in [1.807, 2.05) is 31.2 Å². The zero-order valence-corrected chi connectivity index (χ0v) is 9.48. The van der Waals surface area contributed by atoms with Crippen LogP contribution in [0.2, 0.25) is 5.02 Å². The van der Waals surface area contributed by atoms with Crippen molar-refractivity contribution in [1.29, 1.82) is 0 Å². The lowest BCUT2D eigenvalue weighted by atomic mass is 9.94. The van der Waals surface area contributed by atoms with E-state index >= 15 is 0 Å². The van der Waals surface area contributed by atoms with Gasteiger partial charge >= 0.3 is 0 Å². The zero-order valence-electron chi connectivity index (χ0n) is 7.97. The molecule has 3 heteroatoms. The minimum Gasteiger partial charge on any atom is -0.281 e. The number of halogens is 2. The van der Waals surface area contributed by atoms with Crippen LogP contribution >= 0.6 is 23.2 Å². The molecule has 0 spiro atoms. The molecule has 0 amide bonds. The van der Waals surface area contributed by atoms with Gasteiger partial charge in [0.25, 0.3) is 0 Å². The predicted molar refractivity (Wildman–Crippen MR) is 60.0 cm³/mol. The van der Waals surface area contributed by atoms with E-state index in [9.17, 15) is 4.79 Å². The fourth-order valence-corrected chi connectivity index (χ4v) is 1.74. The molecule has 14 heavy (non-hydrogen) atoms. The second kappa shape index (κ2) is 5.38. The quantitative estimate of drug-likeness (QED) is 0.716. The Morgan fingerprint density at radius 2 is 1.93 bits per heavy atom. The van der Waals surface area contributed by atoms with Crippen LogP contribution in [0.5, 0.6) is 0 Å². The molecule has 1 unspecified atom stereocenters. The second-order valence-electron chi connectivity index (χ2n) is 3.22. The van der Waals surface area contributed by atoms with Gasteiger partial charge in [-0.1, -0.05) is 30.7 Å². The van der Waals surface area contributed by atoms with Crippen molar-refractivity contribution in [2.45, 2.75) is 25.7 Å². The molecule has 0 N–H and O–H groups in total. The molecule has 0 saturated heterocycles. The summed E-state index contributed by atoms with van der Waals surface area (Å²) in [5, 5.41) is 0.424. The molecule has 1 nitrogen and oxygen atoms in total. The van der Waals surface area contributed by atoms with Gasteiger partial charge in [0.2, 0.25) is 5.24 Å². The van der Waals surface area contributed by atoms with E-state index in [-0.39, 0.29) is 11.2 Å². The maximum atomic E-state index is 10.8. The summed E-state index contributed by atoms with van der Waals surface area (Å²) < 4.78 is 0. The number of hydrogen-bond acceptors (Lipinski definition) is 1. The summed E-state index contributed by atoms with van der Waals surface area (Å²) >= 11 is 11.1. The van der Waals surface area contributed by atoms with Gasteiger partial charge in [-0.2, -0.15) is 0 Å². The van der Waals surface area contributed by atoms with Crippen molar-refractivity contribution < 1.29 is 4.79 Å². The summed E-state index contributed by atoms with van der Waals surface area (Å²) in [7, 11) is 0. The van der Waals surface area contributed by atoms with E-state index < -0.39 is 0 Å². The molecular weight excluding hydrogens is 219 g/mol. The molecule has 0 aromatic heterocycles. The van der Waals surface area contributed by atoms with Crippen molar-refractivity contribution in [3.63, 3.8) is 0 Å². The molecule has 0 radical (unpaired) electrons. The van der Waals surface area contributed by atoms with Crippen molar-refractivity contribution in [1.82, 2.24) is 0 Å². The number of carbonyl (C=O) groups excluding carboxylic acids is 1. The number of rotatable bonds is 4. The Kier molecular flexibility index (Phi) is 4.43. The molecule has 0 saturated carbocycles. The summed E-state index contributed by atoms with van der Waals surface area (Å²) in [6, 6.07) is 7.54. The molecule has 0 aliphatic heterocycles. The molecule has 1 atom stereocenters. The van der Waals surface area contributed by atoms with Gasteiger partial charge in [-0.15, -0.1) is 0 Å². The minimum atomic E-state index is -0.285. The lowest BCUT2D eigenvalue weighted by Crippen LogP contribution is -2.01. The summed E-state index contributed by atoms with van der Waals surface area (Å²) in [6.45, 7) is 2.04. The first-order valence-electron chi connectivity index (χ1n) is 4.57. The van der Waals surface area contributed by atoms with Crippen molar-refractivity contribution in [3.05, 3.63) is 34.9 Å². The summed E-state index contributed by atoms with van der Waals surface area (Å²) in [4.78, 5) is 10.8. The normalized spacial score (nSPS) is 12.5. The summed E-state index contributed by atoms with van der Waals surface area (Å²) in [6.07, 6.45) is 1.29. The minimum absolute atomic E-state index is 0.206. The Labute approximate surface area is 94.0 Å². The van der Waals surface area contributed by atoms with E-state index in [4.69, 9.17) is 23.2 Å². The number of benzene rings is 1. The molecule has 1 aromatic rings. The lowest BCUT2D eigenvalue weighted by molar-refractivity contribution is -0.112. The van der Waals surface area contributed by atoms with Crippen LogP contribution in [0.3, 0.4) is 0 Å². The van der Waals surface area contributed by atoms with Crippen molar-refractivity contribution in [2.75, 3.05) is 0 Å². The highest BCUT2D eigenvalue weighted by Crippen LogP contribution is 2.25. The molecule has 1 aromatic carbocycles. The van der Waals surface area contributed by atoms with Gasteiger partial charge in [-0.3, -0.25) is 4.79 Å². The van der Waals surface area contributed by atoms with Crippen LogP contribution < -0.4 is 0 Å². The lowest BCUT2D eigenvalue weighted by Gasteiger charge is -2.12. The van der Waals surface area contributed by atoms with E-state index in [1.165, 1.54) is 0 Å². The van der Waals surface area contributed by atoms with Crippen molar-refractivity contribution >= 4 is 28.4 Å². The summed E-state index contributed by atoms with van der Waals surface area (Å²) in [5.41, 5.74) is 1.12. The van der Waals surface area contributed by atoms with Gasteiger partial charge in [0.1, 0.15) is 0 Å². The molecule has 0 aliphatic rings. The van der Waals surface area contributed by atoms with Crippen LogP contribution in [0.25, 0.3) is 0 Å². The first kappa shape index (κ1) is 11.5. The van der Waals surface area contributed by atoms with E-state index in [0.717, 1.165) is 12.0 Å². The highest BCUT2D eigenvalue weighted by atomic mass is 35.5. The molecule has 0 fully saturated rings. The van der Waals surface area contributed by atoms with E-state index in [1.54, 1.807) is 0 Å². The zero-order chi connectivity index (χ0) is 10.6. The smallest absolute Gasteiger partial charge is 0.222 e. The summed E-state index contributed by atoms with van der Waals surface area (Å²) in [5.74, 6) is 0.206. The molecule has 0 heterocycles. The molecule has 1 rings (SSSR count). The van der Waals surface area contributed by atoms with E-state index in [0.29, 0.717) is 11.4 Å². The average Bonchev–Trinajstić information content (AvgIpc) is 2.15. The number of carbonyl (C=O) groups is 1. The van der Waals surface area contributed by atoms with Gasteiger partial charge in [0.15, 0.2) is 0 Å². The van der Waals surface area contributed by atoms with Gasteiger partial charge < -0.3 is 0 Å².